The Labute approximate surface area is 131 Å². The SMILES string of the molecule is O=C(O)c1ccc2[nH]c(=O)c3nnc(C4CCCCC4)n3c2c1. The first kappa shape index (κ1) is 13.9. The standard InChI is InChI=1S/C16H16N4O3/c21-15-14-19-18-13(9-4-2-1-3-5-9)20(14)12-8-10(16(22)23)6-7-11(12)17-15/h6-9H,1-5H2,(H,17,21)(H,22,23). The number of benzene rings is 1. The molecule has 2 aromatic heterocycles. The summed E-state index contributed by atoms with van der Waals surface area (Å²) in [6, 6.07) is 4.66. The predicted molar refractivity (Wildman–Crippen MR) is 83.9 cm³/mol. The molecule has 23 heavy (non-hydrogen) atoms. The predicted octanol–water partition coefficient (Wildman–Crippen LogP) is 2.32. The van der Waals surface area contributed by atoms with Crippen molar-refractivity contribution < 1.29 is 9.90 Å². The van der Waals surface area contributed by atoms with E-state index < -0.39 is 5.97 Å². The van der Waals surface area contributed by atoms with Gasteiger partial charge in [0.1, 0.15) is 5.82 Å². The van der Waals surface area contributed by atoms with Gasteiger partial charge in [0, 0.05) is 5.92 Å². The number of carboxylic acid groups (broad SMARTS) is 1. The molecule has 0 amide bonds. The van der Waals surface area contributed by atoms with Gasteiger partial charge in [-0.1, -0.05) is 19.3 Å². The molecule has 2 N–H and O–H groups in total. The highest BCUT2D eigenvalue weighted by Gasteiger charge is 2.23. The fourth-order valence-electron chi connectivity index (χ4n) is 3.44. The number of hydrogen-bond donors (Lipinski definition) is 2. The minimum Gasteiger partial charge on any atom is -0.478 e. The molecule has 0 radical (unpaired) electrons. The van der Waals surface area contributed by atoms with Crippen molar-refractivity contribution in [1.82, 2.24) is 19.6 Å². The van der Waals surface area contributed by atoms with E-state index >= 15 is 0 Å². The van der Waals surface area contributed by atoms with Crippen LogP contribution in [0.5, 0.6) is 0 Å². The maximum absolute atomic E-state index is 12.2. The molecule has 1 saturated carbocycles. The van der Waals surface area contributed by atoms with Crippen LogP contribution in [0.2, 0.25) is 0 Å². The number of aromatic amines is 1. The molecule has 2 heterocycles. The fourth-order valence-corrected chi connectivity index (χ4v) is 3.44. The number of aromatic nitrogens is 4. The zero-order valence-electron chi connectivity index (χ0n) is 12.5. The monoisotopic (exact) mass is 312 g/mol. The lowest BCUT2D eigenvalue weighted by Crippen LogP contribution is -2.14. The first-order valence-electron chi connectivity index (χ1n) is 7.79. The van der Waals surface area contributed by atoms with Crippen LogP contribution < -0.4 is 5.56 Å². The van der Waals surface area contributed by atoms with Crippen molar-refractivity contribution in [2.24, 2.45) is 0 Å². The Morgan fingerprint density at radius 1 is 1.22 bits per heavy atom. The molecule has 7 heteroatoms. The number of rotatable bonds is 2. The van der Waals surface area contributed by atoms with E-state index in [1.807, 2.05) is 0 Å². The molecule has 0 aliphatic heterocycles. The zero-order valence-corrected chi connectivity index (χ0v) is 12.5. The third-order valence-electron chi connectivity index (χ3n) is 4.60. The lowest BCUT2D eigenvalue weighted by molar-refractivity contribution is 0.0697. The molecule has 1 aliphatic carbocycles. The Morgan fingerprint density at radius 2 is 2.00 bits per heavy atom. The lowest BCUT2D eigenvalue weighted by Gasteiger charge is -2.20. The topological polar surface area (TPSA) is 100 Å². The molecule has 1 aromatic carbocycles. The van der Waals surface area contributed by atoms with Gasteiger partial charge in [0.2, 0.25) is 5.65 Å². The van der Waals surface area contributed by atoms with Crippen molar-refractivity contribution in [2.45, 2.75) is 38.0 Å². The highest BCUT2D eigenvalue weighted by atomic mass is 16.4. The Hall–Kier alpha value is -2.70. The third kappa shape index (κ3) is 2.19. The minimum atomic E-state index is -1.00. The molecule has 0 saturated heterocycles. The van der Waals surface area contributed by atoms with Crippen molar-refractivity contribution in [3.63, 3.8) is 0 Å². The van der Waals surface area contributed by atoms with Gasteiger partial charge in [0.15, 0.2) is 0 Å². The molecule has 0 unspecified atom stereocenters. The molecule has 1 aliphatic rings. The van der Waals surface area contributed by atoms with Crippen molar-refractivity contribution in [3.05, 3.63) is 39.9 Å². The quantitative estimate of drug-likeness (QED) is 0.756. The van der Waals surface area contributed by atoms with Crippen LogP contribution in [0.3, 0.4) is 0 Å². The highest BCUT2D eigenvalue weighted by molar-refractivity contribution is 5.92. The largest absolute Gasteiger partial charge is 0.478 e. The molecule has 118 valence electrons. The first-order chi connectivity index (χ1) is 11.1. The van der Waals surface area contributed by atoms with Gasteiger partial charge >= 0.3 is 5.97 Å². The molecule has 0 spiro atoms. The van der Waals surface area contributed by atoms with E-state index in [0.29, 0.717) is 11.0 Å². The molecular weight excluding hydrogens is 296 g/mol. The van der Waals surface area contributed by atoms with Gasteiger partial charge in [-0.2, -0.15) is 0 Å². The van der Waals surface area contributed by atoms with Crippen LogP contribution in [0.25, 0.3) is 16.7 Å². The molecule has 0 atom stereocenters. The number of H-pyrrole nitrogens is 1. The second-order valence-electron chi connectivity index (χ2n) is 6.04. The summed E-state index contributed by atoms with van der Waals surface area (Å²) in [6.45, 7) is 0. The Morgan fingerprint density at radius 3 is 2.74 bits per heavy atom. The lowest BCUT2D eigenvalue weighted by atomic mass is 9.89. The normalized spacial score (nSPS) is 16.2. The summed E-state index contributed by atoms with van der Waals surface area (Å²) in [5.74, 6) is 0.0223. The van der Waals surface area contributed by atoms with Crippen LogP contribution in [0, 0.1) is 0 Å². The van der Waals surface area contributed by atoms with Crippen molar-refractivity contribution >= 4 is 22.6 Å². The van der Waals surface area contributed by atoms with E-state index in [1.165, 1.54) is 12.5 Å². The third-order valence-corrected chi connectivity index (χ3v) is 4.60. The maximum atomic E-state index is 12.2. The summed E-state index contributed by atoms with van der Waals surface area (Å²) in [5, 5.41) is 17.5. The van der Waals surface area contributed by atoms with Crippen LogP contribution in [0.1, 0.15) is 54.2 Å². The Kier molecular flexibility index (Phi) is 3.14. The number of aromatic carboxylic acids is 1. The summed E-state index contributed by atoms with van der Waals surface area (Å²) in [4.78, 5) is 26.2. The highest BCUT2D eigenvalue weighted by Crippen LogP contribution is 2.32. The number of nitrogens with one attached hydrogen (secondary N) is 1. The van der Waals surface area contributed by atoms with Crippen LogP contribution in [-0.4, -0.2) is 30.7 Å². The smallest absolute Gasteiger partial charge is 0.335 e. The van der Waals surface area contributed by atoms with Crippen molar-refractivity contribution in [3.8, 4) is 0 Å². The van der Waals surface area contributed by atoms with E-state index in [-0.39, 0.29) is 22.7 Å². The van der Waals surface area contributed by atoms with E-state index in [2.05, 4.69) is 15.2 Å². The van der Waals surface area contributed by atoms with Crippen molar-refractivity contribution in [1.29, 1.82) is 0 Å². The second kappa shape index (κ2) is 5.19. The van der Waals surface area contributed by atoms with E-state index in [9.17, 15) is 14.7 Å². The Balaban J connectivity index is 2.04. The van der Waals surface area contributed by atoms with Crippen LogP contribution in [-0.2, 0) is 0 Å². The molecule has 7 nitrogen and oxygen atoms in total. The minimum absolute atomic E-state index is 0.175. The molecule has 0 bridgehead atoms. The molecule has 4 rings (SSSR count). The number of carbonyl (C=O) groups is 1. The van der Waals surface area contributed by atoms with Gasteiger partial charge in [-0.05, 0) is 31.0 Å². The number of fused-ring (bicyclic) bond motifs is 3. The summed E-state index contributed by atoms with van der Waals surface area (Å²) < 4.78 is 1.73. The zero-order chi connectivity index (χ0) is 16.0. The van der Waals surface area contributed by atoms with Gasteiger partial charge in [-0.3, -0.25) is 9.20 Å². The van der Waals surface area contributed by atoms with E-state index in [4.69, 9.17) is 0 Å². The van der Waals surface area contributed by atoms with Crippen LogP contribution in [0.15, 0.2) is 23.0 Å². The van der Waals surface area contributed by atoms with Gasteiger partial charge in [0.25, 0.3) is 5.56 Å². The molecular formula is C16H16N4O3. The van der Waals surface area contributed by atoms with Gasteiger partial charge in [0.05, 0.1) is 16.6 Å². The van der Waals surface area contributed by atoms with Gasteiger partial charge in [-0.25, -0.2) is 4.79 Å². The van der Waals surface area contributed by atoms with E-state index in [0.717, 1.165) is 31.5 Å². The number of carboxylic acids is 1. The summed E-state index contributed by atoms with van der Waals surface area (Å²) in [6.07, 6.45) is 5.54. The number of nitrogens with zero attached hydrogens (tertiary/aromatic N) is 3. The average Bonchev–Trinajstić information content (AvgIpc) is 3.01. The van der Waals surface area contributed by atoms with Gasteiger partial charge < -0.3 is 10.1 Å². The molecule has 1 fully saturated rings. The van der Waals surface area contributed by atoms with Crippen molar-refractivity contribution in [2.75, 3.05) is 0 Å². The van der Waals surface area contributed by atoms with Gasteiger partial charge in [-0.15, -0.1) is 10.2 Å². The fraction of sp³-hybridized carbons (Fsp3) is 0.375. The first-order valence-corrected chi connectivity index (χ1v) is 7.79. The average molecular weight is 312 g/mol. The molecule has 3 aromatic rings. The number of hydrogen-bond acceptors (Lipinski definition) is 4. The van der Waals surface area contributed by atoms with Crippen LogP contribution >= 0.6 is 0 Å². The maximum Gasteiger partial charge on any atom is 0.335 e. The second-order valence-corrected chi connectivity index (χ2v) is 6.04. The summed E-state index contributed by atoms with van der Waals surface area (Å²) >= 11 is 0. The Bertz CT molecular complexity index is 967. The van der Waals surface area contributed by atoms with E-state index in [1.54, 1.807) is 16.5 Å². The van der Waals surface area contributed by atoms with Crippen LogP contribution in [0.4, 0.5) is 0 Å². The summed E-state index contributed by atoms with van der Waals surface area (Å²) in [5.41, 5.74) is 1.30. The summed E-state index contributed by atoms with van der Waals surface area (Å²) in [7, 11) is 0.